The van der Waals surface area contributed by atoms with Crippen molar-refractivity contribution in [3.63, 3.8) is 0 Å². The van der Waals surface area contributed by atoms with Crippen molar-refractivity contribution in [2.24, 2.45) is 0 Å². The second kappa shape index (κ2) is 8.95. The van der Waals surface area contributed by atoms with E-state index in [9.17, 15) is 13.2 Å². The summed E-state index contributed by atoms with van der Waals surface area (Å²) in [4.78, 5) is 13.4. The second-order valence-corrected chi connectivity index (χ2v) is 10.3. The Morgan fingerprint density at radius 3 is 2.32 bits per heavy atom. The normalized spacial score (nSPS) is 12.6. The molecule has 4 aromatic carbocycles. The molecule has 0 radical (unpaired) electrons. The maximum Gasteiger partial charge on any atom is 0.264 e. The molecule has 1 aliphatic carbocycles. The Labute approximate surface area is 200 Å². The summed E-state index contributed by atoms with van der Waals surface area (Å²) in [6.07, 6.45) is 2.65. The van der Waals surface area contributed by atoms with Crippen molar-refractivity contribution in [2.75, 3.05) is 16.2 Å². The highest BCUT2D eigenvalue weighted by Crippen LogP contribution is 2.35. The van der Waals surface area contributed by atoms with Gasteiger partial charge in [-0.15, -0.1) is 0 Å². The molecule has 4 aromatic rings. The maximum atomic E-state index is 13.6. The van der Waals surface area contributed by atoms with Crippen molar-refractivity contribution < 1.29 is 13.2 Å². The standard InChI is InChI=1S/C28H26N2O3S/c1-2-20-9-6-7-14-26(20)30(34(32,33)23-11-4-3-5-12-23)19-27(31)29-25-18-17-22-16-15-21-10-8-13-24(25)28(21)22/h3-14,17-18H,2,15-16,19H2,1H3,(H,29,31). The largest absolute Gasteiger partial charge is 0.324 e. The molecule has 0 aliphatic heterocycles. The molecule has 0 spiro atoms. The van der Waals surface area contributed by atoms with Crippen LogP contribution < -0.4 is 9.62 Å². The van der Waals surface area contributed by atoms with Gasteiger partial charge in [0.05, 0.1) is 10.6 Å². The first-order valence-corrected chi connectivity index (χ1v) is 12.9. The lowest BCUT2D eigenvalue weighted by Gasteiger charge is -2.26. The number of amides is 1. The zero-order valence-corrected chi connectivity index (χ0v) is 19.8. The molecule has 0 fully saturated rings. The molecule has 5 rings (SSSR count). The molecule has 0 saturated carbocycles. The van der Waals surface area contributed by atoms with E-state index in [-0.39, 0.29) is 17.3 Å². The quantitative estimate of drug-likeness (QED) is 0.397. The molecule has 1 N–H and O–H groups in total. The third-order valence-corrected chi connectivity index (χ3v) is 8.18. The van der Waals surface area contributed by atoms with Crippen molar-refractivity contribution in [1.29, 1.82) is 0 Å². The van der Waals surface area contributed by atoms with Gasteiger partial charge in [0.25, 0.3) is 10.0 Å². The van der Waals surface area contributed by atoms with Crippen LogP contribution >= 0.6 is 0 Å². The van der Waals surface area contributed by atoms with Gasteiger partial charge in [-0.1, -0.05) is 67.6 Å². The first kappa shape index (κ1) is 22.2. The van der Waals surface area contributed by atoms with Crippen molar-refractivity contribution in [2.45, 2.75) is 31.1 Å². The number of nitrogens with zero attached hydrogens (tertiary/aromatic N) is 1. The summed E-state index contributed by atoms with van der Waals surface area (Å²) < 4.78 is 28.5. The van der Waals surface area contributed by atoms with Gasteiger partial charge in [-0.05, 0) is 65.6 Å². The van der Waals surface area contributed by atoms with Crippen LogP contribution in [0.25, 0.3) is 10.8 Å². The first-order chi connectivity index (χ1) is 16.5. The summed E-state index contributed by atoms with van der Waals surface area (Å²) in [5.74, 6) is -0.385. The van der Waals surface area contributed by atoms with Crippen molar-refractivity contribution >= 4 is 38.1 Å². The number of anilines is 2. The highest BCUT2D eigenvalue weighted by molar-refractivity contribution is 7.92. The fourth-order valence-electron chi connectivity index (χ4n) is 4.75. The van der Waals surface area contributed by atoms with E-state index in [1.165, 1.54) is 20.8 Å². The van der Waals surface area contributed by atoms with E-state index < -0.39 is 10.0 Å². The Kier molecular flexibility index (Phi) is 5.84. The molecule has 0 atom stereocenters. The molecule has 6 heteroatoms. The molecular weight excluding hydrogens is 444 g/mol. The van der Waals surface area contributed by atoms with E-state index in [1.807, 2.05) is 37.3 Å². The molecule has 0 aromatic heterocycles. The van der Waals surface area contributed by atoms with Crippen LogP contribution in [0.1, 0.15) is 23.6 Å². The third kappa shape index (κ3) is 3.94. The van der Waals surface area contributed by atoms with E-state index in [0.717, 1.165) is 23.8 Å². The monoisotopic (exact) mass is 470 g/mol. The Hall–Kier alpha value is -3.64. The number of hydrogen-bond acceptors (Lipinski definition) is 3. The number of hydrogen-bond donors (Lipinski definition) is 1. The van der Waals surface area contributed by atoms with Crippen LogP contribution in [0, 0.1) is 0 Å². The Bertz CT molecular complexity index is 1470. The highest BCUT2D eigenvalue weighted by Gasteiger charge is 2.28. The molecule has 0 unspecified atom stereocenters. The number of benzene rings is 4. The summed E-state index contributed by atoms with van der Waals surface area (Å²) >= 11 is 0. The summed E-state index contributed by atoms with van der Waals surface area (Å²) in [6, 6.07) is 25.7. The smallest absolute Gasteiger partial charge is 0.264 e. The van der Waals surface area contributed by atoms with Gasteiger partial charge in [0.15, 0.2) is 0 Å². The average molecular weight is 471 g/mol. The molecular formula is C28H26N2O3S. The predicted molar refractivity (Wildman–Crippen MR) is 137 cm³/mol. The number of nitrogens with one attached hydrogen (secondary N) is 1. The molecule has 34 heavy (non-hydrogen) atoms. The lowest BCUT2D eigenvalue weighted by Crippen LogP contribution is -2.38. The molecule has 1 aliphatic rings. The highest BCUT2D eigenvalue weighted by atomic mass is 32.2. The summed E-state index contributed by atoms with van der Waals surface area (Å²) in [6.45, 7) is 1.65. The summed E-state index contributed by atoms with van der Waals surface area (Å²) in [5, 5.41) is 5.18. The maximum absolute atomic E-state index is 13.6. The van der Waals surface area contributed by atoms with Crippen molar-refractivity contribution in [3.05, 3.63) is 102 Å². The van der Waals surface area contributed by atoms with Crippen LogP contribution in [-0.2, 0) is 34.1 Å². The van der Waals surface area contributed by atoms with E-state index in [1.54, 1.807) is 42.5 Å². The number of rotatable bonds is 7. The zero-order chi connectivity index (χ0) is 23.7. The van der Waals surface area contributed by atoms with Gasteiger partial charge in [0.1, 0.15) is 6.54 Å². The minimum Gasteiger partial charge on any atom is -0.324 e. The minimum atomic E-state index is -3.95. The molecule has 172 valence electrons. The van der Waals surface area contributed by atoms with Crippen LogP contribution in [-0.4, -0.2) is 20.9 Å². The first-order valence-electron chi connectivity index (χ1n) is 11.5. The van der Waals surface area contributed by atoms with Crippen LogP contribution in [0.2, 0.25) is 0 Å². The van der Waals surface area contributed by atoms with Gasteiger partial charge in [0, 0.05) is 11.1 Å². The van der Waals surface area contributed by atoms with Crippen LogP contribution in [0.3, 0.4) is 0 Å². The molecule has 0 saturated heterocycles. The lowest BCUT2D eigenvalue weighted by atomic mass is 10.0. The number of aryl methyl sites for hydroxylation is 3. The van der Waals surface area contributed by atoms with Crippen molar-refractivity contribution in [1.82, 2.24) is 0 Å². The number of sulfonamides is 1. The number of carbonyl (C=O) groups is 1. The van der Waals surface area contributed by atoms with E-state index in [4.69, 9.17) is 0 Å². The SMILES string of the molecule is CCc1ccccc1N(CC(=O)Nc1ccc2c3c(cccc13)CC2)S(=O)(=O)c1ccccc1. The second-order valence-electron chi connectivity index (χ2n) is 8.47. The minimum absolute atomic E-state index is 0.152. The Morgan fingerprint density at radius 1 is 0.853 bits per heavy atom. The fourth-order valence-corrected chi connectivity index (χ4v) is 6.23. The number of carbonyl (C=O) groups excluding carboxylic acids is 1. The van der Waals surface area contributed by atoms with Crippen LogP contribution in [0.5, 0.6) is 0 Å². The van der Waals surface area contributed by atoms with Gasteiger partial charge in [0.2, 0.25) is 5.91 Å². The number of para-hydroxylation sites is 1. The topological polar surface area (TPSA) is 66.5 Å². The van der Waals surface area contributed by atoms with E-state index in [0.29, 0.717) is 17.8 Å². The molecule has 1 amide bonds. The van der Waals surface area contributed by atoms with Crippen molar-refractivity contribution in [3.8, 4) is 0 Å². The van der Waals surface area contributed by atoms with Gasteiger partial charge < -0.3 is 5.32 Å². The summed E-state index contributed by atoms with van der Waals surface area (Å²) in [7, 11) is -3.95. The van der Waals surface area contributed by atoms with Gasteiger partial charge in [-0.2, -0.15) is 0 Å². The lowest BCUT2D eigenvalue weighted by molar-refractivity contribution is -0.114. The van der Waals surface area contributed by atoms with Gasteiger partial charge in [-0.25, -0.2) is 8.42 Å². The zero-order valence-electron chi connectivity index (χ0n) is 19.0. The van der Waals surface area contributed by atoms with Gasteiger partial charge in [-0.3, -0.25) is 9.10 Å². The summed E-state index contributed by atoms with van der Waals surface area (Å²) in [5.41, 5.74) is 4.65. The molecule has 0 bridgehead atoms. The van der Waals surface area contributed by atoms with Crippen LogP contribution in [0.15, 0.2) is 89.8 Å². The predicted octanol–water partition coefficient (Wildman–Crippen LogP) is 5.33. The molecule has 0 heterocycles. The Balaban J connectivity index is 1.51. The van der Waals surface area contributed by atoms with Gasteiger partial charge >= 0.3 is 0 Å². The fraction of sp³-hybridized carbons (Fsp3) is 0.179. The van der Waals surface area contributed by atoms with E-state index >= 15 is 0 Å². The third-order valence-electron chi connectivity index (χ3n) is 6.41. The molecule has 5 nitrogen and oxygen atoms in total. The Morgan fingerprint density at radius 2 is 1.56 bits per heavy atom. The van der Waals surface area contributed by atoms with Crippen LogP contribution in [0.4, 0.5) is 11.4 Å². The average Bonchev–Trinajstić information content (AvgIpc) is 3.29. The van der Waals surface area contributed by atoms with E-state index in [2.05, 4.69) is 17.4 Å².